The number of nitrogens with one attached hydrogen (secondary N) is 1. The Kier molecular flexibility index (Phi) is 2.93. The van der Waals surface area contributed by atoms with E-state index in [0.29, 0.717) is 5.92 Å². The van der Waals surface area contributed by atoms with Gasteiger partial charge in [0.15, 0.2) is 0 Å². The summed E-state index contributed by atoms with van der Waals surface area (Å²) in [6.45, 7) is 5.11. The molecule has 3 nitrogen and oxygen atoms in total. The van der Waals surface area contributed by atoms with Gasteiger partial charge in [-0.25, -0.2) is 4.39 Å². The van der Waals surface area contributed by atoms with Gasteiger partial charge in [-0.2, -0.15) is 0 Å². The summed E-state index contributed by atoms with van der Waals surface area (Å²) in [6.07, 6.45) is 2.90. The summed E-state index contributed by atoms with van der Waals surface area (Å²) in [5, 5.41) is 3.26. The molecule has 1 heterocycles. The molecule has 4 rings (SSSR count). The Hall–Kier alpha value is -1.42. The van der Waals surface area contributed by atoms with E-state index >= 15 is 0 Å². The smallest absolute Gasteiger partial charge is 0.230 e. The van der Waals surface area contributed by atoms with E-state index in [1.807, 2.05) is 6.07 Å². The van der Waals surface area contributed by atoms with E-state index in [1.165, 1.54) is 12.1 Å². The molecule has 0 aromatic heterocycles. The first kappa shape index (κ1) is 14.2. The number of benzene rings is 1. The van der Waals surface area contributed by atoms with E-state index in [1.54, 1.807) is 6.07 Å². The van der Waals surface area contributed by atoms with Crippen LogP contribution in [-0.4, -0.2) is 24.7 Å². The molecule has 22 heavy (non-hydrogen) atoms. The molecule has 0 radical (unpaired) electrons. The lowest BCUT2D eigenvalue weighted by atomic mass is 9.57. The van der Waals surface area contributed by atoms with Crippen LogP contribution in [0.1, 0.15) is 38.7 Å². The van der Waals surface area contributed by atoms with Crippen LogP contribution in [0.2, 0.25) is 0 Å². The van der Waals surface area contributed by atoms with Crippen LogP contribution in [0.3, 0.4) is 0 Å². The van der Waals surface area contributed by atoms with Crippen molar-refractivity contribution in [2.24, 2.45) is 11.3 Å². The zero-order valence-electron chi connectivity index (χ0n) is 13.1. The first-order chi connectivity index (χ1) is 10.4. The molecule has 0 bridgehead atoms. The predicted molar refractivity (Wildman–Crippen MR) is 80.9 cm³/mol. The number of hydrogen-bond acceptors (Lipinski definition) is 2. The van der Waals surface area contributed by atoms with E-state index in [0.717, 1.165) is 31.4 Å². The average Bonchev–Trinajstić information content (AvgIpc) is 3.17. The molecular weight excluding hydrogens is 281 g/mol. The van der Waals surface area contributed by atoms with Crippen LogP contribution in [0.4, 0.5) is 4.39 Å². The Labute approximate surface area is 130 Å². The van der Waals surface area contributed by atoms with E-state index < -0.39 is 5.41 Å². The van der Waals surface area contributed by atoms with Gasteiger partial charge in [-0.15, -0.1) is 0 Å². The second-order valence-corrected chi connectivity index (χ2v) is 7.61. The Morgan fingerprint density at radius 2 is 2.14 bits per heavy atom. The fourth-order valence-corrected chi connectivity index (χ4v) is 4.45. The summed E-state index contributed by atoms with van der Waals surface area (Å²) in [4.78, 5) is 12.8. The lowest BCUT2D eigenvalue weighted by molar-refractivity contribution is -0.139. The molecule has 4 heteroatoms. The third kappa shape index (κ3) is 1.86. The van der Waals surface area contributed by atoms with Crippen molar-refractivity contribution in [2.45, 2.75) is 50.7 Å². The third-order valence-corrected chi connectivity index (χ3v) is 5.95. The molecule has 3 atom stereocenters. The predicted octanol–water partition coefficient (Wildman–Crippen LogP) is 2.79. The van der Waals surface area contributed by atoms with Gasteiger partial charge in [0.2, 0.25) is 5.91 Å². The second kappa shape index (κ2) is 4.54. The van der Waals surface area contributed by atoms with Gasteiger partial charge < -0.3 is 10.1 Å². The van der Waals surface area contributed by atoms with Crippen LogP contribution >= 0.6 is 0 Å². The SMILES string of the molecule is CC1(C)[C@H](NC(=O)C2(c3cccc(F)c3)CC2)[C@H]2CCO[C@@H]21. The van der Waals surface area contributed by atoms with Crippen molar-refractivity contribution >= 4 is 5.91 Å². The number of amides is 1. The van der Waals surface area contributed by atoms with Gasteiger partial charge >= 0.3 is 0 Å². The Morgan fingerprint density at radius 1 is 1.36 bits per heavy atom. The number of ether oxygens (including phenoxy) is 1. The van der Waals surface area contributed by atoms with Crippen LogP contribution in [0.25, 0.3) is 0 Å². The molecule has 1 aromatic carbocycles. The maximum Gasteiger partial charge on any atom is 0.230 e. The summed E-state index contributed by atoms with van der Waals surface area (Å²) < 4.78 is 19.3. The molecule has 0 unspecified atom stereocenters. The molecule has 3 fully saturated rings. The molecule has 1 aliphatic heterocycles. The lowest BCUT2D eigenvalue weighted by Crippen LogP contribution is -2.67. The number of rotatable bonds is 3. The first-order valence-corrected chi connectivity index (χ1v) is 8.14. The molecule has 2 aliphatic carbocycles. The zero-order valence-corrected chi connectivity index (χ0v) is 13.1. The molecule has 118 valence electrons. The van der Waals surface area contributed by atoms with Crippen molar-refractivity contribution in [2.75, 3.05) is 6.61 Å². The minimum atomic E-state index is -0.511. The fraction of sp³-hybridized carbons (Fsp3) is 0.611. The van der Waals surface area contributed by atoms with Gasteiger partial charge in [0.25, 0.3) is 0 Å². The van der Waals surface area contributed by atoms with Crippen LogP contribution in [0.5, 0.6) is 0 Å². The van der Waals surface area contributed by atoms with Crippen molar-refractivity contribution in [1.29, 1.82) is 0 Å². The Morgan fingerprint density at radius 3 is 2.82 bits per heavy atom. The average molecular weight is 303 g/mol. The molecule has 3 aliphatic rings. The molecular formula is C18H22FNO2. The highest BCUT2D eigenvalue weighted by Crippen LogP contribution is 2.54. The summed E-state index contributed by atoms with van der Waals surface area (Å²) in [6, 6.07) is 6.64. The summed E-state index contributed by atoms with van der Waals surface area (Å²) in [5.41, 5.74) is 0.277. The maximum absolute atomic E-state index is 13.5. The Bertz CT molecular complexity index is 623. The monoisotopic (exact) mass is 303 g/mol. The second-order valence-electron chi connectivity index (χ2n) is 7.61. The van der Waals surface area contributed by atoms with Gasteiger partial charge in [0.1, 0.15) is 5.82 Å². The van der Waals surface area contributed by atoms with Gasteiger partial charge in [0, 0.05) is 24.0 Å². The highest BCUT2D eigenvalue weighted by molar-refractivity contribution is 5.91. The summed E-state index contributed by atoms with van der Waals surface area (Å²) >= 11 is 0. The highest BCUT2D eigenvalue weighted by atomic mass is 19.1. The largest absolute Gasteiger partial charge is 0.377 e. The van der Waals surface area contributed by atoms with Crippen LogP contribution in [-0.2, 0) is 14.9 Å². The van der Waals surface area contributed by atoms with Crippen LogP contribution in [0.15, 0.2) is 24.3 Å². The van der Waals surface area contributed by atoms with E-state index in [9.17, 15) is 9.18 Å². The summed E-state index contributed by atoms with van der Waals surface area (Å²) in [5.74, 6) is 0.216. The minimum Gasteiger partial charge on any atom is -0.377 e. The van der Waals surface area contributed by atoms with Crippen molar-refractivity contribution < 1.29 is 13.9 Å². The van der Waals surface area contributed by atoms with Crippen LogP contribution in [0, 0.1) is 17.2 Å². The number of fused-ring (bicyclic) bond motifs is 1. The van der Waals surface area contributed by atoms with E-state index in [-0.39, 0.29) is 29.3 Å². The number of carbonyl (C=O) groups excluding carboxylic acids is 1. The van der Waals surface area contributed by atoms with Crippen molar-refractivity contribution in [3.8, 4) is 0 Å². The lowest BCUT2D eigenvalue weighted by Gasteiger charge is -2.54. The van der Waals surface area contributed by atoms with Gasteiger partial charge in [-0.05, 0) is 37.0 Å². The zero-order chi connectivity index (χ0) is 15.5. The van der Waals surface area contributed by atoms with Gasteiger partial charge in [-0.3, -0.25) is 4.79 Å². The Balaban J connectivity index is 1.53. The molecule has 0 spiro atoms. The topological polar surface area (TPSA) is 38.3 Å². The molecule has 1 aromatic rings. The fourth-order valence-electron chi connectivity index (χ4n) is 4.45. The van der Waals surface area contributed by atoms with Crippen molar-refractivity contribution in [3.05, 3.63) is 35.6 Å². The van der Waals surface area contributed by atoms with Gasteiger partial charge in [-0.1, -0.05) is 26.0 Å². The van der Waals surface area contributed by atoms with Crippen molar-refractivity contribution in [3.63, 3.8) is 0 Å². The molecule has 1 amide bonds. The van der Waals surface area contributed by atoms with E-state index in [2.05, 4.69) is 19.2 Å². The first-order valence-electron chi connectivity index (χ1n) is 8.14. The normalized spacial score (nSPS) is 33.7. The van der Waals surface area contributed by atoms with Crippen LogP contribution < -0.4 is 5.32 Å². The standard InChI is InChI=1S/C18H22FNO2/c1-17(2)14(13-6-9-22-15(13)17)20-16(21)18(7-8-18)11-4-3-5-12(19)10-11/h3-5,10,13-15H,6-9H2,1-2H3,(H,20,21)/t13-,14-,15+/m1/s1. The molecule has 1 saturated heterocycles. The third-order valence-electron chi connectivity index (χ3n) is 5.95. The number of hydrogen-bond donors (Lipinski definition) is 1. The quantitative estimate of drug-likeness (QED) is 0.932. The number of halogens is 1. The summed E-state index contributed by atoms with van der Waals surface area (Å²) in [7, 11) is 0. The highest BCUT2D eigenvalue weighted by Gasteiger charge is 2.61. The minimum absolute atomic E-state index is 0.0190. The van der Waals surface area contributed by atoms with Gasteiger partial charge in [0.05, 0.1) is 11.5 Å². The number of carbonyl (C=O) groups is 1. The molecule has 2 saturated carbocycles. The maximum atomic E-state index is 13.5. The van der Waals surface area contributed by atoms with E-state index in [4.69, 9.17) is 4.74 Å². The van der Waals surface area contributed by atoms with Crippen molar-refractivity contribution in [1.82, 2.24) is 5.32 Å². The molecule has 1 N–H and O–H groups in total.